The lowest BCUT2D eigenvalue weighted by Crippen LogP contribution is -2.14. The van der Waals surface area contributed by atoms with Crippen LogP contribution >= 0.6 is 0 Å². The van der Waals surface area contributed by atoms with Crippen LogP contribution < -0.4 is 9.88 Å². The maximum absolute atomic E-state index is 12.5. The number of allylic oxidation sites excluding steroid dienone is 1. The Kier molecular flexibility index (Phi) is 4.88. The molecule has 26 heavy (non-hydrogen) atoms. The summed E-state index contributed by atoms with van der Waals surface area (Å²) in [5, 5.41) is 7.29. The third-order valence-corrected chi connectivity index (χ3v) is 4.92. The lowest BCUT2D eigenvalue weighted by atomic mass is 10.0. The largest absolute Gasteiger partial charge is 0.495 e. The SMILES string of the molecule is COc1ccc(C(=O)/C=C/c2cccc3ccccc23)cc1S(N)(=O)=O. The van der Waals surface area contributed by atoms with Gasteiger partial charge in [-0.2, -0.15) is 0 Å². The van der Waals surface area contributed by atoms with Gasteiger partial charge in [-0.05, 0) is 40.6 Å². The number of fused-ring (bicyclic) bond motifs is 1. The maximum Gasteiger partial charge on any atom is 0.241 e. The van der Waals surface area contributed by atoms with E-state index in [2.05, 4.69) is 0 Å². The van der Waals surface area contributed by atoms with Gasteiger partial charge in [0.15, 0.2) is 5.78 Å². The van der Waals surface area contributed by atoms with Crippen molar-refractivity contribution in [2.45, 2.75) is 4.90 Å². The Morgan fingerprint density at radius 1 is 1.04 bits per heavy atom. The number of methoxy groups -OCH3 is 1. The molecule has 3 aromatic rings. The molecule has 0 aliphatic rings. The summed E-state index contributed by atoms with van der Waals surface area (Å²) in [7, 11) is -2.66. The summed E-state index contributed by atoms with van der Waals surface area (Å²) < 4.78 is 28.4. The van der Waals surface area contributed by atoms with Gasteiger partial charge in [-0.25, -0.2) is 13.6 Å². The van der Waals surface area contributed by atoms with E-state index in [9.17, 15) is 13.2 Å². The van der Waals surface area contributed by atoms with Gasteiger partial charge >= 0.3 is 0 Å². The zero-order valence-electron chi connectivity index (χ0n) is 14.0. The van der Waals surface area contributed by atoms with E-state index in [0.29, 0.717) is 0 Å². The highest BCUT2D eigenvalue weighted by atomic mass is 32.2. The van der Waals surface area contributed by atoms with E-state index in [1.54, 1.807) is 6.08 Å². The molecule has 0 saturated heterocycles. The fourth-order valence-corrected chi connectivity index (χ4v) is 3.43. The Hall–Kier alpha value is -2.96. The van der Waals surface area contributed by atoms with E-state index < -0.39 is 10.0 Å². The molecule has 5 nitrogen and oxygen atoms in total. The highest BCUT2D eigenvalue weighted by Crippen LogP contribution is 2.24. The predicted octanol–water partition coefficient (Wildman–Crippen LogP) is 3.39. The molecule has 0 atom stereocenters. The molecule has 6 heteroatoms. The summed E-state index contributed by atoms with van der Waals surface area (Å²) >= 11 is 0. The van der Waals surface area contributed by atoms with Crippen molar-refractivity contribution in [2.24, 2.45) is 5.14 Å². The van der Waals surface area contributed by atoms with E-state index in [-0.39, 0.29) is 22.0 Å². The minimum absolute atomic E-state index is 0.0992. The molecule has 0 unspecified atom stereocenters. The van der Waals surface area contributed by atoms with Crippen molar-refractivity contribution in [3.8, 4) is 5.75 Å². The third-order valence-electron chi connectivity index (χ3n) is 3.99. The Morgan fingerprint density at radius 3 is 2.50 bits per heavy atom. The van der Waals surface area contributed by atoms with Gasteiger partial charge in [0.25, 0.3) is 0 Å². The van der Waals surface area contributed by atoms with E-state index in [1.165, 1.54) is 31.4 Å². The van der Waals surface area contributed by atoms with Gasteiger partial charge in [0.1, 0.15) is 10.6 Å². The van der Waals surface area contributed by atoms with Crippen LogP contribution in [0.4, 0.5) is 0 Å². The number of hydrogen-bond donors (Lipinski definition) is 1. The summed E-state index contributed by atoms with van der Waals surface area (Å²) in [4.78, 5) is 12.3. The highest BCUT2D eigenvalue weighted by molar-refractivity contribution is 7.89. The number of rotatable bonds is 5. The predicted molar refractivity (Wildman–Crippen MR) is 102 cm³/mol. The van der Waals surface area contributed by atoms with Crippen LogP contribution in [-0.4, -0.2) is 21.3 Å². The van der Waals surface area contributed by atoms with Crippen molar-refractivity contribution in [1.82, 2.24) is 0 Å². The Bertz CT molecular complexity index is 1110. The molecule has 0 aromatic heterocycles. The molecule has 0 saturated carbocycles. The van der Waals surface area contributed by atoms with Crippen LogP contribution in [-0.2, 0) is 10.0 Å². The van der Waals surface area contributed by atoms with E-state index in [0.717, 1.165) is 16.3 Å². The molecule has 0 spiro atoms. The second-order valence-electron chi connectivity index (χ2n) is 5.68. The normalized spacial score (nSPS) is 11.8. The monoisotopic (exact) mass is 367 g/mol. The molecule has 0 bridgehead atoms. The second kappa shape index (κ2) is 7.11. The summed E-state index contributed by atoms with van der Waals surface area (Å²) in [6.07, 6.45) is 3.13. The molecular formula is C20H17NO4S. The number of primary sulfonamides is 1. The first kappa shape index (κ1) is 17.8. The standard InChI is InChI=1S/C20H17NO4S/c1-25-19-12-10-16(13-20(19)26(21,23)24)18(22)11-9-15-7-4-6-14-5-2-3-8-17(14)15/h2-13H,1H3,(H2,21,23,24)/b11-9+. The summed E-state index contributed by atoms with van der Waals surface area (Å²) in [5.41, 5.74) is 1.11. The van der Waals surface area contributed by atoms with Crippen LogP contribution in [0.1, 0.15) is 15.9 Å². The van der Waals surface area contributed by atoms with Crippen molar-refractivity contribution in [2.75, 3.05) is 7.11 Å². The van der Waals surface area contributed by atoms with Crippen LogP contribution in [0.2, 0.25) is 0 Å². The van der Waals surface area contributed by atoms with Gasteiger partial charge in [-0.15, -0.1) is 0 Å². The number of nitrogens with two attached hydrogens (primary N) is 1. The van der Waals surface area contributed by atoms with Crippen molar-refractivity contribution < 1.29 is 17.9 Å². The Morgan fingerprint density at radius 2 is 1.77 bits per heavy atom. The van der Waals surface area contributed by atoms with Gasteiger partial charge in [0.2, 0.25) is 10.0 Å². The molecule has 0 radical (unpaired) electrons. The van der Waals surface area contributed by atoms with Crippen LogP contribution in [0, 0.1) is 0 Å². The van der Waals surface area contributed by atoms with E-state index in [4.69, 9.17) is 9.88 Å². The molecule has 0 aliphatic heterocycles. The highest BCUT2D eigenvalue weighted by Gasteiger charge is 2.17. The maximum atomic E-state index is 12.5. The minimum atomic E-state index is -4.00. The second-order valence-corrected chi connectivity index (χ2v) is 7.21. The lowest BCUT2D eigenvalue weighted by molar-refractivity contribution is 0.104. The molecule has 132 valence electrons. The molecule has 3 rings (SSSR count). The van der Waals surface area contributed by atoms with Crippen LogP contribution in [0.5, 0.6) is 5.75 Å². The van der Waals surface area contributed by atoms with Crippen LogP contribution in [0.25, 0.3) is 16.8 Å². The molecule has 0 fully saturated rings. The van der Waals surface area contributed by atoms with Crippen molar-refractivity contribution in [1.29, 1.82) is 0 Å². The van der Waals surface area contributed by atoms with Gasteiger partial charge in [0, 0.05) is 5.56 Å². The molecule has 0 amide bonds. The van der Waals surface area contributed by atoms with Crippen LogP contribution in [0.3, 0.4) is 0 Å². The first-order valence-electron chi connectivity index (χ1n) is 7.81. The summed E-state index contributed by atoms with van der Waals surface area (Å²) in [6.45, 7) is 0. The third kappa shape index (κ3) is 3.66. The average Bonchev–Trinajstić information content (AvgIpc) is 2.64. The molecule has 0 aliphatic carbocycles. The molecule has 3 aromatic carbocycles. The molecule has 0 heterocycles. The summed E-state index contributed by atoms with van der Waals surface area (Å²) in [5.74, 6) is -0.229. The smallest absolute Gasteiger partial charge is 0.241 e. The fourth-order valence-electron chi connectivity index (χ4n) is 2.71. The zero-order valence-corrected chi connectivity index (χ0v) is 14.9. The topological polar surface area (TPSA) is 86.5 Å². The number of hydrogen-bond acceptors (Lipinski definition) is 4. The number of benzene rings is 3. The first-order chi connectivity index (χ1) is 12.4. The minimum Gasteiger partial charge on any atom is -0.495 e. The quantitative estimate of drug-likeness (QED) is 0.553. The fraction of sp³-hybridized carbons (Fsp3) is 0.0500. The lowest BCUT2D eigenvalue weighted by Gasteiger charge is -2.07. The number of ketones is 1. The number of carbonyl (C=O) groups is 1. The number of carbonyl (C=O) groups excluding carboxylic acids is 1. The Labute approximate surface area is 151 Å². The summed E-state index contributed by atoms with van der Waals surface area (Å²) in [6, 6.07) is 17.8. The molecular weight excluding hydrogens is 350 g/mol. The molecule has 2 N–H and O–H groups in total. The van der Waals surface area contributed by atoms with Crippen molar-refractivity contribution >= 4 is 32.7 Å². The van der Waals surface area contributed by atoms with Crippen molar-refractivity contribution in [3.63, 3.8) is 0 Å². The van der Waals surface area contributed by atoms with Gasteiger partial charge < -0.3 is 4.74 Å². The van der Waals surface area contributed by atoms with Crippen molar-refractivity contribution in [3.05, 3.63) is 77.9 Å². The first-order valence-corrected chi connectivity index (χ1v) is 9.36. The number of ether oxygens (including phenoxy) is 1. The zero-order chi connectivity index (χ0) is 18.7. The average molecular weight is 367 g/mol. The van der Waals surface area contributed by atoms with E-state index >= 15 is 0 Å². The van der Waals surface area contributed by atoms with Gasteiger partial charge in [-0.1, -0.05) is 48.5 Å². The van der Waals surface area contributed by atoms with Gasteiger partial charge in [-0.3, -0.25) is 4.79 Å². The Balaban J connectivity index is 1.96. The van der Waals surface area contributed by atoms with Crippen LogP contribution in [0.15, 0.2) is 71.6 Å². The van der Waals surface area contributed by atoms with E-state index in [1.807, 2.05) is 42.5 Å². The number of sulfonamides is 1. The van der Waals surface area contributed by atoms with Gasteiger partial charge in [0.05, 0.1) is 7.11 Å².